The molecule has 0 aromatic heterocycles. The van der Waals surface area contributed by atoms with Gasteiger partial charge in [0.2, 0.25) is 0 Å². The number of carbonyl (C=O) groups excluding carboxylic acids is 1. The van der Waals surface area contributed by atoms with E-state index in [-0.39, 0.29) is 18.7 Å². The third-order valence-corrected chi connectivity index (χ3v) is 4.38. The van der Waals surface area contributed by atoms with Gasteiger partial charge in [0.15, 0.2) is 5.96 Å². The molecule has 1 aliphatic heterocycles. The lowest BCUT2D eigenvalue weighted by Crippen LogP contribution is -2.49. The number of aliphatic imine (C=N–C) groups is 1. The molecule has 1 fully saturated rings. The largest absolute Gasteiger partial charge is 0.450 e. The summed E-state index contributed by atoms with van der Waals surface area (Å²) in [6.07, 6.45) is -3.18. The lowest BCUT2D eigenvalue weighted by atomic mass is 10.1. The summed E-state index contributed by atoms with van der Waals surface area (Å²) >= 11 is 0. The number of hydrogen-bond donors (Lipinski definition) is 2. The number of benzene rings is 1. The van der Waals surface area contributed by atoms with E-state index in [1.165, 1.54) is 6.07 Å². The maximum absolute atomic E-state index is 12.8. The third kappa shape index (κ3) is 6.61. The van der Waals surface area contributed by atoms with Gasteiger partial charge in [-0.15, -0.1) is 0 Å². The zero-order valence-corrected chi connectivity index (χ0v) is 16.2. The molecule has 2 N–H and O–H groups in total. The summed E-state index contributed by atoms with van der Waals surface area (Å²) in [5.74, 6) is 0.550. The van der Waals surface area contributed by atoms with Crippen molar-refractivity contribution in [3.8, 4) is 0 Å². The topological polar surface area (TPSA) is 66.0 Å². The Hall–Kier alpha value is -2.45. The van der Waals surface area contributed by atoms with Crippen LogP contribution < -0.4 is 10.6 Å². The van der Waals surface area contributed by atoms with Gasteiger partial charge in [0.1, 0.15) is 0 Å². The van der Waals surface area contributed by atoms with Gasteiger partial charge in [0.05, 0.1) is 18.7 Å². The van der Waals surface area contributed by atoms with Crippen LogP contribution in [-0.4, -0.2) is 49.2 Å². The Morgan fingerprint density at radius 3 is 2.61 bits per heavy atom. The second kappa shape index (κ2) is 10.2. The summed E-state index contributed by atoms with van der Waals surface area (Å²) in [4.78, 5) is 17.8. The van der Waals surface area contributed by atoms with Crippen LogP contribution in [0.25, 0.3) is 0 Å². The normalized spacial score (nSPS) is 16.0. The zero-order valence-electron chi connectivity index (χ0n) is 16.2. The van der Waals surface area contributed by atoms with Gasteiger partial charge in [0, 0.05) is 25.7 Å². The fourth-order valence-electron chi connectivity index (χ4n) is 2.95. The van der Waals surface area contributed by atoms with Crippen molar-refractivity contribution in [1.29, 1.82) is 0 Å². The van der Waals surface area contributed by atoms with E-state index in [0.29, 0.717) is 37.8 Å². The first kappa shape index (κ1) is 21.8. The average molecular weight is 400 g/mol. The number of guanidine groups is 1. The molecule has 9 heteroatoms. The van der Waals surface area contributed by atoms with Crippen LogP contribution in [0.5, 0.6) is 0 Å². The smallest absolute Gasteiger partial charge is 0.416 e. The third-order valence-electron chi connectivity index (χ3n) is 4.38. The molecule has 0 unspecified atom stereocenters. The number of carbonyl (C=O) groups is 1. The molecule has 1 saturated heterocycles. The molecular formula is C19H27F3N4O2. The van der Waals surface area contributed by atoms with Gasteiger partial charge in [-0.25, -0.2) is 9.79 Å². The average Bonchev–Trinajstić information content (AvgIpc) is 2.66. The van der Waals surface area contributed by atoms with E-state index < -0.39 is 11.7 Å². The van der Waals surface area contributed by atoms with Crippen molar-refractivity contribution in [2.24, 2.45) is 4.99 Å². The van der Waals surface area contributed by atoms with Crippen LogP contribution in [0, 0.1) is 0 Å². The fourth-order valence-corrected chi connectivity index (χ4v) is 2.95. The Kier molecular flexibility index (Phi) is 7.95. The molecule has 28 heavy (non-hydrogen) atoms. The van der Waals surface area contributed by atoms with Crippen molar-refractivity contribution in [3.63, 3.8) is 0 Å². The molecule has 0 saturated carbocycles. The molecule has 0 spiro atoms. The Balaban J connectivity index is 1.94. The van der Waals surface area contributed by atoms with Crippen LogP contribution >= 0.6 is 0 Å². The number of likely N-dealkylation sites (tertiary alicyclic amines) is 1. The Morgan fingerprint density at radius 2 is 2.00 bits per heavy atom. The SMILES string of the molecule is CCNC(=NCc1cccc(C(F)(F)F)c1)NC1CCN(C(=O)OCC)CC1. The van der Waals surface area contributed by atoms with Crippen LogP contribution in [0.15, 0.2) is 29.3 Å². The zero-order chi connectivity index (χ0) is 20.6. The van der Waals surface area contributed by atoms with Gasteiger partial charge in [-0.2, -0.15) is 13.2 Å². The van der Waals surface area contributed by atoms with Crippen molar-refractivity contribution in [1.82, 2.24) is 15.5 Å². The maximum Gasteiger partial charge on any atom is 0.416 e. The van der Waals surface area contributed by atoms with Crippen molar-refractivity contribution < 1.29 is 22.7 Å². The van der Waals surface area contributed by atoms with Gasteiger partial charge in [-0.05, 0) is 44.4 Å². The first-order chi connectivity index (χ1) is 13.3. The molecule has 1 aromatic carbocycles. The van der Waals surface area contributed by atoms with Crippen LogP contribution in [0.4, 0.5) is 18.0 Å². The summed E-state index contributed by atoms with van der Waals surface area (Å²) in [5, 5.41) is 6.41. The predicted molar refractivity (Wildman–Crippen MR) is 101 cm³/mol. The highest BCUT2D eigenvalue weighted by Crippen LogP contribution is 2.29. The maximum atomic E-state index is 12.8. The van der Waals surface area contributed by atoms with Gasteiger partial charge >= 0.3 is 12.3 Å². The highest BCUT2D eigenvalue weighted by molar-refractivity contribution is 5.80. The molecule has 0 radical (unpaired) electrons. The number of rotatable bonds is 5. The van der Waals surface area contributed by atoms with E-state index in [1.54, 1.807) is 17.9 Å². The summed E-state index contributed by atoms with van der Waals surface area (Å²) in [6, 6.07) is 5.31. The summed E-state index contributed by atoms with van der Waals surface area (Å²) in [6.45, 7) is 5.99. The van der Waals surface area contributed by atoms with Crippen molar-refractivity contribution >= 4 is 12.1 Å². The molecule has 1 aromatic rings. The minimum absolute atomic E-state index is 0.130. The molecule has 1 aliphatic rings. The molecule has 156 valence electrons. The Bertz CT molecular complexity index is 671. The molecule has 0 aliphatic carbocycles. The highest BCUT2D eigenvalue weighted by atomic mass is 19.4. The van der Waals surface area contributed by atoms with E-state index in [9.17, 15) is 18.0 Å². The number of amides is 1. The van der Waals surface area contributed by atoms with Gasteiger partial charge in [0.25, 0.3) is 0 Å². The summed E-state index contributed by atoms with van der Waals surface area (Å²) in [7, 11) is 0. The number of alkyl halides is 3. The summed E-state index contributed by atoms with van der Waals surface area (Å²) in [5.41, 5.74) is -0.186. The molecule has 1 amide bonds. The van der Waals surface area contributed by atoms with E-state index in [4.69, 9.17) is 4.74 Å². The minimum Gasteiger partial charge on any atom is -0.450 e. The quantitative estimate of drug-likeness (QED) is 0.588. The Labute approximate surface area is 163 Å². The standard InChI is InChI=1S/C19H27F3N4O2/c1-3-23-17(24-13-14-6-5-7-15(12-14)19(20,21)22)25-16-8-10-26(11-9-16)18(27)28-4-2/h5-7,12,16H,3-4,8-11,13H2,1-2H3,(H2,23,24,25). The molecule has 1 heterocycles. The van der Waals surface area contributed by atoms with E-state index in [1.807, 2.05) is 6.92 Å². The Morgan fingerprint density at radius 1 is 1.29 bits per heavy atom. The predicted octanol–water partition coefficient (Wildman–Crippen LogP) is 3.38. The van der Waals surface area contributed by atoms with Gasteiger partial charge in [-0.1, -0.05) is 12.1 Å². The first-order valence-corrected chi connectivity index (χ1v) is 9.46. The second-order valence-electron chi connectivity index (χ2n) is 6.50. The van der Waals surface area contributed by atoms with Crippen molar-refractivity contribution in [2.75, 3.05) is 26.2 Å². The number of halogens is 3. The van der Waals surface area contributed by atoms with Gasteiger partial charge in [-0.3, -0.25) is 0 Å². The monoisotopic (exact) mass is 400 g/mol. The summed E-state index contributed by atoms with van der Waals surface area (Å²) < 4.78 is 43.5. The lowest BCUT2D eigenvalue weighted by Gasteiger charge is -2.32. The minimum atomic E-state index is -4.37. The van der Waals surface area contributed by atoms with Crippen LogP contribution in [0.1, 0.15) is 37.8 Å². The fraction of sp³-hybridized carbons (Fsp3) is 0.579. The molecule has 6 nitrogen and oxygen atoms in total. The highest BCUT2D eigenvalue weighted by Gasteiger charge is 2.30. The molecule has 2 rings (SSSR count). The van der Waals surface area contributed by atoms with Crippen LogP contribution in [0.3, 0.4) is 0 Å². The van der Waals surface area contributed by atoms with Gasteiger partial charge < -0.3 is 20.3 Å². The molecule has 0 bridgehead atoms. The number of piperidine rings is 1. The van der Waals surface area contributed by atoms with E-state index in [0.717, 1.165) is 25.0 Å². The van der Waals surface area contributed by atoms with E-state index in [2.05, 4.69) is 15.6 Å². The number of hydrogen-bond acceptors (Lipinski definition) is 3. The van der Waals surface area contributed by atoms with Crippen molar-refractivity contribution in [3.05, 3.63) is 35.4 Å². The lowest BCUT2D eigenvalue weighted by molar-refractivity contribution is -0.137. The van der Waals surface area contributed by atoms with Crippen molar-refractivity contribution in [2.45, 2.75) is 45.5 Å². The van der Waals surface area contributed by atoms with E-state index >= 15 is 0 Å². The number of nitrogens with zero attached hydrogens (tertiary/aromatic N) is 2. The number of nitrogens with one attached hydrogen (secondary N) is 2. The molecular weight excluding hydrogens is 373 g/mol. The second-order valence-corrected chi connectivity index (χ2v) is 6.50. The first-order valence-electron chi connectivity index (χ1n) is 9.46. The van der Waals surface area contributed by atoms with Crippen LogP contribution in [-0.2, 0) is 17.5 Å². The number of ether oxygens (including phenoxy) is 1. The molecule has 0 atom stereocenters. The van der Waals surface area contributed by atoms with Crippen LogP contribution in [0.2, 0.25) is 0 Å².